The molecule has 9 nitrogen and oxygen atoms in total. The minimum absolute atomic E-state index is 0.0309. The van der Waals surface area contributed by atoms with Crippen molar-refractivity contribution in [2.45, 2.75) is 25.3 Å². The van der Waals surface area contributed by atoms with Crippen LogP contribution in [-0.4, -0.2) is 49.9 Å². The summed E-state index contributed by atoms with van der Waals surface area (Å²) in [7, 11) is -3.62. The zero-order valence-corrected chi connectivity index (χ0v) is 25.8. The molecule has 1 aliphatic rings. The molecule has 6 aromatic rings. The van der Waals surface area contributed by atoms with Gasteiger partial charge >= 0.3 is 0 Å². The van der Waals surface area contributed by atoms with Crippen LogP contribution < -0.4 is 4.74 Å². The van der Waals surface area contributed by atoms with Crippen molar-refractivity contribution in [3.63, 3.8) is 0 Å². The number of aromatic nitrogens is 6. The Labute approximate surface area is 263 Å². The van der Waals surface area contributed by atoms with Gasteiger partial charge in [-0.25, -0.2) is 31.3 Å². The molecule has 1 aliphatic heterocycles. The van der Waals surface area contributed by atoms with Crippen LogP contribution in [0.25, 0.3) is 22.3 Å². The largest absolute Gasteiger partial charge is 0.454 e. The molecule has 14 heteroatoms. The smallest absolute Gasteiger partial charge is 0.168 e. The monoisotopic (exact) mass is 696 g/mol. The first-order valence-corrected chi connectivity index (χ1v) is 16.6. The van der Waals surface area contributed by atoms with Crippen molar-refractivity contribution in [2.75, 3.05) is 11.5 Å². The Hall–Kier alpha value is -4.43. The molecule has 1 unspecified atom stereocenters. The molecule has 0 radical (unpaired) electrons. The highest BCUT2D eigenvalue weighted by Crippen LogP contribution is 2.38. The number of sulfone groups is 1. The van der Waals surface area contributed by atoms with Gasteiger partial charge in [-0.2, -0.15) is 0 Å². The van der Waals surface area contributed by atoms with Gasteiger partial charge < -0.3 is 14.7 Å². The Morgan fingerprint density at radius 3 is 2.78 bits per heavy atom. The second-order valence-corrected chi connectivity index (χ2v) is 14.0. The molecule has 0 amide bonds. The van der Waals surface area contributed by atoms with Crippen LogP contribution in [0.4, 0.5) is 13.2 Å². The Kier molecular flexibility index (Phi) is 7.48. The van der Waals surface area contributed by atoms with Crippen molar-refractivity contribution in [1.29, 1.82) is 0 Å². The molecular formula is C31H24BrF3N6O3S. The maximum Gasteiger partial charge on any atom is 0.168 e. The number of nitrogens with zero attached hydrogens (tertiary/aromatic N) is 4. The van der Waals surface area contributed by atoms with E-state index in [-0.39, 0.29) is 63.8 Å². The van der Waals surface area contributed by atoms with Crippen molar-refractivity contribution in [2.24, 2.45) is 0 Å². The molecule has 45 heavy (non-hydrogen) atoms. The fourth-order valence-electron chi connectivity index (χ4n) is 5.63. The normalized spacial score (nSPS) is 16.8. The van der Waals surface area contributed by atoms with E-state index in [1.54, 1.807) is 36.7 Å². The summed E-state index contributed by atoms with van der Waals surface area (Å²) in [5.41, 5.74) is 2.12. The topological polar surface area (TPSA) is 119 Å². The predicted octanol–water partition coefficient (Wildman–Crippen LogP) is 6.66. The van der Waals surface area contributed by atoms with Crippen molar-refractivity contribution in [3.8, 4) is 22.9 Å². The summed E-state index contributed by atoms with van der Waals surface area (Å²) in [6.45, 7) is 0.0661. The maximum atomic E-state index is 15.5. The minimum Gasteiger partial charge on any atom is -0.454 e. The van der Waals surface area contributed by atoms with Gasteiger partial charge in [0.1, 0.15) is 23.2 Å². The minimum atomic E-state index is -3.62. The summed E-state index contributed by atoms with van der Waals surface area (Å²) >= 11 is 3.21. The summed E-state index contributed by atoms with van der Waals surface area (Å²) in [5, 5.41) is 8.96. The van der Waals surface area contributed by atoms with Crippen LogP contribution in [0.3, 0.4) is 0 Å². The Balaban J connectivity index is 1.37. The average molecular weight is 698 g/mol. The van der Waals surface area contributed by atoms with Gasteiger partial charge in [0, 0.05) is 59.2 Å². The lowest BCUT2D eigenvalue weighted by molar-refractivity contribution is 0.433. The lowest BCUT2D eigenvalue weighted by Gasteiger charge is -2.17. The Morgan fingerprint density at radius 2 is 1.91 bits per heavy atom. The third-order valence-corrected chi connectivity index (χ3v) is 10.2. The van der Waals surface area contributed by atoms with Crippen molar-refractivity contribution >= 4 is 36.7 Å². The molecule has 2 N–H and O–H groups in total. The molecule has 3 aromatic heterocycles. The molecule has 1 atom stereocenters. The number of imidazole rings is 1. The zero-order valence-electron chi connectivity index (χ0n) is 23.4. The van der Waals surface area contributed by atoms with Crippen molar-refractivity contribution in [3.05, 3.63) is 112 Å². The average Bonchev–Trinajstić information content (AvgIpc) is 3.78. The third-order valence-electron chi connectivity index (χ3n) is 7.90. The number of halogens is 4. The van der Waals surface area contributed by atoms with E-state index in [1.165, 1.54) is 35.1 Å². The molecule has 3 aromatic carbocycles. The van der Waals surface area contributed by atoms with E-state index in [1.807, 2.05) is 0 Å². The fourth-order valence-corrected chi connectivity index (χ4v) is 7.33. The predicted molar refractivity (Wildman–Crippen MR) is 164 cm³/mol. The zero-order chi connectivity index (χ0) is 31.3. The number of rotatable bonds is 1. The first-order valence-electron chi connectivity index (χ1n) is 14.0. The van der Waals surface area contributed by atoms with Gasteiger partial charge in [0.25, 0.3) is 0 Å². The van der Waals surface area contributed by atoms with Gasteiger partial charge in [-0.05, 0) is 58.2 Å². The van der Waals surface area contributed by atoms with E-state index < -0.39 is 33.2 Å². The number of benzene rings is 3. The number of fused-ring (bicyclic) bond motifs is 10. The molecule has 7 rings (SSSR count). The van der Waals surface area contributed by atoms with E-state index in [4.69, 9.17) is 4.74 Å². The van der Waals surface area contributed by atoms with Gasteiger partial charge in [-0.3, -0.25) is 0 Å². The lowest BCUT2D eigenvalue weighted by Crippen LogP contribution is -2.17. The van der Waals surface area contributed by atoms with Crippen LogP contribution in [0, 0.1) is 17.5 Å². The van der Waals surface area contributed by atoms with Gasteiger partial charge in [0.05, 0.1) is 33.8 Å². The van der Waals surface area contributed by atoms with E-state index in [2.05, 4.69) is 41.2 Å². The van der Waals surface area contributed by atoms with Crippen LogP contribution in [0.2, 0.25) is 0 Å². The van der Waals surface area contributed by atoms with Crippen LogP contribution in [0.15, 0.2) is 71.6 Å². The van der Waals surface area contributed by atoms with E-state index in [0.29, 0.717) is 27.9 Å². The van der Waals surface area contributed by atoms with Crippen LogP contribution in [0.5, 0.6) is 11.5 Å². The van der Waals surface area contributed by atoms with Crippen LogP contribution in [-0.2, 0) is 22.8 Å². The van der Waals surface area contributed by atoms with Crippen LogP contribution >= 0.6 is 15.9 Å². The highest BCUT2D eigenvalue weighted by Gasteiger charge is 2.26. The molecule has 0 saturated carbocycles. The molecule has 0 spiro atoms. The number of aromatic amines is 2. The molecule has 6 bridgehead atoms. The summed E-state index contributed by atoms with van der Waals surface area (Å²) in [6.07, 6.45) is 4.86. The van der Waals surface area contributed by atoms with E-state index in [0.717, 1.165) is 0 Å². The SMILES string of the molecule is O=S1(=O)CCc2cn(nn2)Cc2c(c(F)cc3[nH]ccc23)Oc2ccc(F)c(c2)-c2ncc([nH]2)C(c2cccc(Br)c2F)CC1. The number of hydrogen-bond acceptors (Lipinski definition) is 6. The number of aryl methyl sites for hydroxylation is 1. The summed E-state index contributed by atoms with van der Waals surface area (Å²) in [6, 6.07) is 11.8. The number of H-pyrrole nitrogens is 2. The van der Waals surface area contributed by atoms with Gasteiger partial charge in [-0.15, -0.1) is 5.10 Å². The molecule has 0 fully saturated rings. The Morgan fingerprint density at radius 1 is 1.04 bits per heavy atom. The van der Waals surface area contributed by atoms with E-state index in [9.17, 15) is 8.42 Å². The lowest BCUT2D eigenvalue weighted by atomic mass is 9.93. The fraction of sp³-hybridized carbons (Fsp3) is 0.194. The maximum absolute atomic E-state index is 15.5. The third kappa shape index (κ3) is 5.75. The van der Waals surface area contributed by atoms with E-state index >= 15 is 13.2 Å². The van der Waals surface area contributed by atoms with Gasteiger partial charge in [-0.1, -0.05) is 17.3 Å². The molecule has 0 saturated heterocycles. The molecule has 4 heterocycles. The first kappa shape index (κ1) is 29.3. The molecule has 0 aliphatic carbocycles. The summed E-state index contributed by atoms with van der Waals surface area (Å²) < 4.78 is 80.3. The van der Waals surface area contributed by atoms with Gasteiger partial charge in [0.15, 0.2) is 21.4 Å². The number of ether oxygens (including phenoxy) is 1. The highest BCUT2D eigenvalue weighted by atomic mass is 79.9. The quantitative estimate of drug-likeness (QED) is 0.198. The second-order valence-electron chi connectivity index (χ2n) is 10.8. The van der Waals surface area contributed by atoms with Gasteiger partial charge in [0.2, 0.25) is 0 Å². The number of hydrogen-bond donors (Lipinski definition) is 2. The molecule has 230 valence electrons. The highest BCUT2D eigenvalue weighted by molar-refractivity contribution is 9.10. The first-order chi connectivity index (χ1) is 21.6. The van der Waals surface area contributed by atoms with Crippen molar-refractivity contribution in [1.82, 2.24) is 29.9 Å². The molecular weight excluding hydrogens is 673 g/mol. The Bertz CT molecular complexity index is 2180. The van der Waals surface area contributed by atoms with Crippen molar-refractivity contribution < 1.29 is 26.3 Å². The standard InChI is InChI=1S/C31H24BrF3N6O3S/c32-24-3-1-2-21(29(24)35)20-8-11-45(42,43)10-7-17-15-41(40-39-17)16-23-19-6-9-36-27(19)13-26(34)30(23)44-18-4-5-25(33)22(12-18)31-37-14-28(20)38-31/h1-6,9,12-15,20,36H,7-8,10-11,16H2,(H,37,38). The summed E-state index contributed by atoms with van der Waals surface area (Å²) in [4.78, 5) is 10.4. The summed E-state index contributed by atoms with van der Waals surface area (Å²) in [5.74, 6) is -2.83. The number of nitrogens with one attached hydrogen (secondary N) is 2. The second kappa shape index (κ2) is 11.5. The van der Waals surface area contributed by atoms with Crippen LogP contribution in [0.1, 0.15) is 34.9 Å².